The quantitative estimate of drug-likeness (QED) is 0.478. The van der Waals surface area contributed by atoms with E-state index in [0.717, 1.165) is 12.7 Å². The maximum absolute atomic E-state index is 11.9. The molecule has 0 unspecified atom stereocenters. The van der Waals surface area contributed by atoms with Crippen LogP contribution in [0.3, 0.4) is 0 Å². The minimum atomic E-state index is -3.45. The van der Waals surface area contributed by atoms with Gasteiger partial charge in [0, 0.05) is 11.8 Å². The second-order valence-corrected chi connectivity index (χ2v) is 6.50. The van der Waals surface area contributed by atoms with Crippen molar-refractivity contribution in [2.75, 3.05) is 6.26 Å². The van der Waals surface area contributed by atoms with Crippen LogP contribution < -0.4 is 11.5 Å². The van der Waals surface area contributed by atoms with Crippen LogP contribution in [-0.2, 0) is 16.3 Å². The highest BCUT2D eigenvalue weighted by molar-refractivity contribution is 7.90. The summed E-state index contributed by atoms with van der Waals surface area (Å²) in [6, 6.07) is 4.42. The third-order valence-electron chi connectivity index (χ3n) is 2.68. The molecule has 7 heteroatoms. The van der Waals surface area contributed by atoms with Crippen LogP contribution in [0.2, 0.25) is 0 Å². The first-order valence-electron chi connectivity index (χ1n) is 6.37. The molecule has 0 saturated heterocycles. The Kier molecular flexibility index (Phi) is 5.66. The summed E-state index contributed by atoms with van der Waals surface area (Å²) in [5.41, 5.74) is 11.0. The molecule has 6 nitrogen and oxygen atoms in total. The number of carbonyl (C=O) groups excluding carboxylic acids is 1. The summed E-state index contributed by atoms with van der Waals surface area (Å²) < 4.78 is 23.7. The SMILES string of the molecule is CC/C=C/Cc1ccc(C(=O)N=C(N)N)cc1S(C)(=O)=O. The average molecular weight is 309 g/mol. The molecule has 1 aromatic carbocycles. The first kappa shape index (κ1) is 16.9. The highest BCUT2D eigenvalue weighted by Crippen LogP contribution is 2.19. The van der Waals surface area contributed by atoms with Crippen LogP contribution in [-0.4, -0.2) is 26.5 Å². The predicted octanol–water partition coefficient (Wildman–Crippen LogP) is 1.01. The monoisotopic (exact) mass is 309 g/mol. The van der Waals surface area contributed by atoms with Gasteiger partial charge in [-0.2, -0.15) is 4.99 Å². The van der Waals surface area contributed by atoms with Crippen molar-refractivity contribution in [1.29, 1.82) is 0 Å². The van der Waals surface area contributed by atoms with Gasteiger partial charge in [0.05, 0.1) is 4.90 Å². The molecule has 0 spiro atoms. The summed E-state index contributed by atoms with van der Waals surface area (Å²) in [5.74, 6) is -1.04. The molecule has 4 N–H and O–H groups in total. The largest absolute Gasteiger partial charge is 0.370 e. The fraction of sp³-hybridized carbons (Fsp3) is 0.286. The zero-order chi connectivity index (χ0) is 16.0. The molecule has 0 aliphatic rings. The van der Waals surface area contributed by atoms with E-state index in [-0.39, 0.29) is 16.4 Å². The van der Waals surface area contributed by atoms with Gasteiger partial charge in [-0.1, -0.05) is 25.1 Å². The van der Waals surface area contributed by atoms with Crippen molar-refractivity contribution in [2.24, 2.45) is 16.5 Å². The Hall–Kier alpha value is -2.15. The zero-order valence-corrected chi connectivity index (χ0v) is 12.9. The van der Waals surface area contributed by atoms with Gasteiger partial charge in [-0.15, -0.1) is 0 Å². The molecule has 0 saturated carbocycles. The van der Waals surface area contributed by atoms with Crippen molar-refractivity contribution in [2.45, 2.75) is 24.7 Å². The van der Waals surface area contributed by atoms with E-state index in [2.05, 4.69) is 4.99 Å². The number of benzene rings is 1. The first-order valence-corrected chi connectivity index (χ1v) is 8.26. The smallest absolute Gasteiger partial charge is 0.280 e. The van der Waals surface area contributed by atoms with Gasteiger partial charge in [-0.3, -0.25) is 4.79 Å². The van der Waals surface area contributed by atoms with E-state index in [1.807, 2.05) is 19.1 Å². The molecule has 1 aromatic rings. The number of guanidine groups is 1. The number of hydrogen-bond acceptors (Lipinski definition) is 3. The molecule has 1 rings (SSSR count). The Morgan fingerprint density at radius 1 is 1.29 bits per heavy atom. The molecular formula is C14H19N3O3S. The van der Waals surface area contributed by atoms with Gasteiger partial charge in [-0.05, 0) is 30.5 Å². The number of nitrogens with zero attached hydrogens (tertiary/aromatic N) is 1. The van der Waals surface area contributed by atoms with Crippen molar-refractivity contribution in [3.63, 3.8) is 0 Å². The van der Waals surface area contributed by atoms with Gasteiger partial charge in [0.15, 0.2) is 15.8 Å². The van der Waals surface area contributed by atoms with Gasteiger partial charge >= 0.3 is 0 Å². The van der Waals surface area contributed by atoms with Gasteiger partial charge in [0.2, 0.25) is 0 Å². The Labute approximate surface area is 124 Å². The Bertz CT molecular complexity index is 687. The van der Waals surface area contributed by atoms with Crippen molar-refractivity contribution >= 4 is 21.7 Å². The summed E-state index contributed by atoms with van der Waals surface area (Å²) in [6.45, 7) is 1.99. The third-order valence-corrected chi connectivity index (χ3v) is 3.86. The van der Waals surface area contributed by atoms with E-state index < -0.39 is 15.7 Å². The maximum atomic E-state index is 11.9. The lowest BCUT2D eigenvalue weighted by Crippen LogP contribution is -2.24. The summed E-state index contributed by atoms with van der Waals surface area (Å²) in [6.07, 6.45) is 6.29. The van der Waals surface area contributed by atoms with Crippen LogP contribution in [0.15, 0.2) is 40.2 Å². The van der Waals surface area contributed by atoms with Crippen molar-refractivity contribution in [3.8, 4) is 0 Å². The minimum Gasteiger partial charge on any atom is -0.370 e. The molecule has 0 aliphatic heterocycles. The van der Waals surface area contributed by atoms with Crippen LogP contribution in [0.25, 0.3) is 0 Å². The molecule has 0 fully saturated rings. The highest BCUT2D eigenvalue weighted by atomic mass is 32.2. The predicted molar refractivity (Wildman–Crippen MR) is 82.8 cm³/mol. The van der Waals surface area contributed by atoms with Gasteiger partial charge in [-0.25, -0.2) is 8.42 Å². The van der Waals surface area contributed by atoms with E-state index in [9.17, 15) is 13.2 Å². The molecule has 21 heavy (non-hydrogen) atoms. The number of hydrogen-bond donors (Lipinski definition) is 2. The van der Waals surface area contributed by atoms with E-state index in [1.165, 1.54) is 12.1 Å². The van der Waals surface area contributed by atoms with Crippen LogP contribution in [0, 0.1) is 0 Å². The number of aliphatic imine (C=N–C) groups is 1. The van der Waals surface area contributed by atoms with E-state index in [1.54, 1.807) is 6.07 Å². The topological polar surface area (TPSA) is 116 Å². The van der Waals surface area contributed by atoms with Crippen molar-refractivity contribution < 1.29 is 13.2 Å². The second kappa shape index (κ2) is 7.03. The van der Waals surface area contributed by atoms with E-state index in [4.69, 9.17) is 11.5 Å². The lowest BCUT2D eigenvalue weighted by molar-refractivity contribution is 0.100. The summed E-state index contributed by atoms with van der Waals surface area (Å²) in [5, 5.41) is 0. The normalized spacial score (nSPS) is 11.5. The van der Waals surface area contributed by atoms with E-state index >= 15 is 0 Å². The van der Waals surface area contributed by atoms with Crippen LogP contribution in [0.4, 0.5) is 0 Å². The molecule has 114 valence electrons. The molecule has 0 atom stereocenters. The first-order chi connectivity index (χ1) is 9.75. The number of rotatable bonds is 5. The van der Waals surface area contributed by atoms with Gasteiger partial charge in [0.1, 0.15) is 0 Å². The molecular weight excluding hydrogens is 290 g/mol. The van der Waals surface area contributed by atoms with Crippen LogP contribution in [0.5, 0.6) is 0 Å². The van der Waals surface area contributed by atoms with Crippen molar-refractivity contribution in [1.82, 2.24) is 0 Å². The number of nitrogens with two attached hydrogens (primary N) is 2. The summed E-state index contributed by atoms with van der Waals surface area (Å²) >= 11 is 0. The maximum Gasteiger partial charge on any atom is 0.280 e. The Morgan fingerprint density at radius 3 is 2.48 bits per heavy atom. The number of sulfone groups is 1. The lowest BCUT2D eigenvalue weighted by atomic mass is 10.1. The number of carbonyl (C=O) groups is 1. The molecule has 0 aromatic heterocycles. The molecule has 0 bridgehead atoms. The van der Waals surface area contributed by atoms with Crippen LogP contribution >= 0.6 is 0 Å². The lowest BCUT2D eigenvalue weighted by Gasteiger charge is -2.07. The standard InChI is InChI=1S/C14H19N3O3S/c1-3-4-5-6-10-7-8-11(13(18)17-14(15)16)9-12(10)21(2,19)20/h4-5,7-9H,3,6H2,1-2H3,(H4,15,16,17,18)/b5-4+. The fourth-order valence-corrected chi connectivity index (χ4v) is 2.73. The molecule has 1 amide bonds. The minimum absolute atomic E-state index is 0.111. The highest BCUT2D eigenvalue weighted by Gasteiger charge is 2.16. The number of amides is 1. The van der Waals surface area contributed by atoms with E-state index in [0.29, 0.717) is 12.0 Å². The molecule has 0 heterocycles. The zero-order valence-electron chi connectivity index (χ0n) is 12.0. The molecule has 0 radical (unpaired) electrons. The Balaban J connectivity index is 3.29. The third kappa shape index (κ3) is 5.03. The molecule has 0 aliphatic carbocycles. The Morgan fingerprint density at radius 2 is 1.95 bits per heavy atom. The average Bonchev–Trinajstić information content (AvgIpc) is 2.37. The summed E-state index contributed by atoms with van der Waals surface area (Å²) in [4.78, 5) is 15.3. The van der Waals surface area contributed by atoms with Crippen molar-refractivity contribution in [3.05, 3.63) is 41.5 Å². The van der Waals surface area contributed by atoms with Gasteiger partial charge in [0.25, 0.3) is 5.91 Å². The van der Waals surface area contributed by atoms with Crippen LogP contribution in [0.1, 0.15) is 29.3 Å². The van der Waals surface area contributed by atoms with Gasteiger partial charge < -0.3 is 11.5 Å². The number of allylic oxidation sites excluding steroid dienone is 2. The second-order valence-electron chi connectivity index (χ2n) is 4.52. The summed E-state index contributed by atoms with van der Waals surface area (Å²) in [7, 11) is -3.45. The fourth-order valence-electron chi connectivity index (χ4n) is 1.76.